The summed E-state index contributed by atoms with van der Waals surface area (Å²) in [6.45, 7) is 4.79. The summed E-state index contributed by atoms with van der Waals surface area (Å²) >= 11 is 1.99. The minimum absolute atomic E-state index is 0.0873. The van der Waals surface area contributed by atoms with Gasteiger partial charge in [0.2, 0.25) is 0 Å². The van der Waals surface area contributed by atoms with Crippen LogP contribution in [0.25, 0.3) is 88.0 Å². The SMILES string of the molecule is CC1(C)c2ccccc2-c2ccc(C(CCc3ccc(-c4cccc5c4oc4ccccc45)cc3)c3ccc(-c4c(-c5ccccc5)sc5c4-c4ccccc4C54c5ccccc5-c5ccccc54)cc3)cc21. The van der Waals surface area contributed by atoms with Crippen LogP contribution in [0.2, 0.25) is 0 Å². The summed E-state index contributed by atoms with van der Waals surface area (Å²) in [7, 11) is 0. The van der Waals surface area contributed by atoms with E-state index in [0.29, 0.717) is 0 Å². The second kappa shape index (κ2) is 16.1. The van der Waals surface area contributed by atoms with Crippen molar-refractivity contribution in [3.63, 3.8) is 0 Å². The highest BCUT2D eigenvalue weighted by molar-refractivity contribution is 7.17. The first-order valence-electron chi connectivity index (χ1n) is 25.8. The van der Waals surface area contributed by atoms with Crippen molar-refractivity contribution in [1.29, 1.82) is 0 Å². The molecule has 2 heterocycles. The molecular weight excluding hydrogens is 901 g/mol. The summed E-state index contributed by atoms with van der Waals surface area (Å²) in [4.78, 5) is 2.75. The molecule has 1 unspecified atom stereocenters. The van der Waals surface area contributed by atoms with E-state index >= 15 is 0 Å². The van der Waals surface area contributed by atoms with Crippen LogP contribution in [0.5, 0.6) is 0 Å². The molecule has 1 nitrogen and oxygen atoms in total. The number of hydrogen-bond donors (Lipinski definition) is 0. The van der Waals surface area contributed by atoms with Crippen LogP contribution in [-0.2, 0) is 17.3 Å². The molecule has 0 bridgehead atoms. The third-order valence-corrected chi connectivity index (χ3v) is 18.2. The predicted octanol–water partition coefficient (Wildman–Crippen LogP) is 19.1. The van der Waals surface area contributed by atoms with E-state index in [-0.39, 0.29) is 11.3 Å². The smallest absolute Gasteiger partial charge is 0.143 e. The van der Waals surface area contributed by atoms with Crippen molar-refractivity contribution in [3.05, 3.63) is 286 Å². The Bertz CT molecular complexity index is 4120. The molecule has 10 aromatic carbocycles. The Labute approximate surface area is 430 Å². The van der Waals surface area contributed by atoms with Gasteiger partial charge < -0.3 is 4.42 Å². The standard InChI is InChI=1S/C71H50OS/c1-70(2)59-26-11-6-19-52(59)55-42-40-49(43-63(55)70)50(41-33-44-31-34-46(35-32-44)51-24-16-25-57-56-22-10-15-30-64(56)72-67(51)57)45-36-38-47(39-37-45)65-66-58-23-9-14-29-62(58)71(69(66)73-68(65)48-17-4-3-5-18-48)60-27-12-7-20-53(60)54-21-8-13-28-61(54)71/h3-32,34-40,42-43,50H,33,41H2,1-2H3. The van der Waals surface area contributed by atoms with Gasteiger partial charge in [-0.2, -0.15) is 0 Å². The second-order valence-corrected chi connectivity index (χ2v) is 21.9. The number of benzene rings is 10. The van der Waals surface area contributed by atoms with Crippen molar-refractivity contribution in [1.82, 2.24) is 0 Å². The van der Waals surface area contributed by atoms with Gasteiger partial charge in [0.15, 0.2) is 0 Å². The van der Waals surface area contributed by atoms with Crippen molar-refractivity contribution in [2.24, 2.45) is 0 Å². The molecule has 0 N–H and O–H groups in total. The Kier molecular flexibility index (Phi) is 9.35. The van der Waals surface area contributed by atoms with Crippen molar-refractivity contribution in [2.45, 2.75) is 43.4 Å². The molecular formula is C71H50OS. The lowest BCUT2D eigenvalue weighted by Gasteiger charge is -2.29. The largest absolute Gasteiger partial charge is 0.455 e. The summed E-state index contributed by atoms with van der Waals surface area (Å²) in [6, 6.07) is 88.8. The van der Waals surface area contributed by atoms with Crippen molar-refractivity contribution in [2.75, 3.05) is 0 Å². The molecule has 0 saturated heterocycles. The molecule has 15 rings (SSSR count). The fraction of sp³-hybridized carbons (Fsp3) is 0.0986. The molecule has 3 aliphatic carbocycles. The first-order chi connectivity index (χ1) is 36.0. The predicted molar refractivity (Wildman–Crippen MR) is 305 cm³/mol. The summed E-state index contributed by atoms with van der Waals surface area (Å²) in [6.07, 6.45) is 1.92. The summed E-state index contributed by atoms with van der Waals surface area (Å²) in [5.41, 5.74) is 26.7. The molecule has 2 aromatic heterocycles. The molecule has 73 heavy (non-hydrogen) atoms. The molecule has 0 radical (unpaired) electrons. The maximum absolute atomic E-state index is 6.46. The molecule has 2 heteroatoms. The van der Waals surface area contributed by atoms with Crippen molar-refractivity contribution in [3.8, 4) is 66.1 Å². The van der Waals surface area contributed by atoms with Crippen LogP contribution in [0.1, 0.15) is 75.6 Å². The summed E-state index contributed by atoms with van der Waals surface area (Å²) in [5.74, 6) is 0.181. The minimum atomic E-state index is -0.392. The Morgan fingerprint density at radius 2 is 0.959 bits per heavy atom. The van der Waals surface area contributed by atoms with Gasteiger partial charge in [0.05, 0.1) is 5.41 Å². The lowest BCUT2D eigenvalue weighted by molar-refractivity contribution is 0.654. The molecule has 346 valence electrons. The Morgan fingerprint density at radius 3 is 1.68 bits per heavy atom. The third kappa shape index (κ3) is 6.14. The molecule has 1 spiro atoms. The Morgan fingerprint density at radius 1 is 0.411 bits per heavy atom. The molecule has 0 aliphatic heterocycles. The van der Waals surface area contributed by atoms with Crippen LogP contribution < -0.4 is 0 Å². The number of para-hydroxylation sites is 2. The van der Waals surface area contributed by atoms with E-state index < -0.39 is 5.41 Å². The Balaban J connectivity index is 0.847. The number of hydrogen-bond acceptors (Lipinski definition) is 2. The van der Waals surface area contributed by atoms with E-state index in [9.17, 15) is 0 Å². The van der Waals surface area contributed by atoms with Gasteiger partial charge in [-0.25, -0.2) is 0 Å². The van der Waals surface area contributed by atoms with Crippen LogP contribution in [0, 0.1) is 0 Å². The van der Waals surface area contributed by atoms with Gasteiger partial charge in [0, 0.05) is 48.5 Å². The van der Waals surface area contributed by atoms with Gasteiger partial charge in [-0.15, -0.1) is 11.3 Å². The van der Waals surface area contributed by atoms with E-state index in [1.165, 1.54) is 110 Å². The highest BCUT2D eigenvalue weighted by Gasteiger charge is 2.54. The zero-order chi connectivity index (χ0) is 48.4. The number of fused-ring (bicyclic) bond motifs is 16. The molecule has 0 saturated carbocycles. The van der Waals surface area contributed by atoms with Gasteiger partial charge in [-0.1, -0.05) is 244 Å². The fourth-order valence-electron chi connectivity index (χ4n) is 13.4. The normalized spacial score (nSPS) is 14.4. The monoisotopic (exact) mass is 950 g/mol. The lowest BCUT2D eigenvalue weighted by Crippen LogP contribution is -2.24. The van der Waals surface area contributed by atoms with Gasteiger partial charge in [-0.05, 0) is 108 Å². The van der Waals surface area contributed by atoms with Gasteiger partial charge >= 0.3 is 0 Å². The Hall–Kier alpha value is -8.30. The number of aryl methyl sites for hydroxylation is 1. The van der Waals surface area contributed by atoms with Gasteiger partial charge in [0.1, 0.15) is 11.2 Å². The molecule has 0 amide bonds. The highest BCUT2D eigenvalue weighted by Crippen LogP contribution is 2.67. The van der Waals surface area contributed by atoms with E-state index in [4.69, 9.17) is 4.42 Å². The van der Waals surface area contributed by atoms with E-state index in [1.54, 1.807) is 0 Å². The second-order valence-electron chi connectivity index (χ2n) is 20.9. The fourth-order valence-corrected chi connectivity index (χ4v) is 15.0. The van der Waals surface area contributed by atoms with Crippen LogP contribution in [-0.4, -0.2) is 0 Å². The molecule has 12 aromatic rings. The number of rotatable bonds is 8. The van der Waals surface area contributed by atoms with Crippen LogP contribution in [0.4, 0.5) is 0 Å². The van der Waals surface area contributed by atoms with Crippen LogP contribution in [0.15, 0.2) is 241 Å². The highest BCUT2D eigenvalue weighted by atomic mass is 32.1. The maximum Gasteiger partial charge on any atom is 0.143 e. The minimum Gasteiger partial charge on any atom is -0.455 e. The van der Waals surface area contributed by atoms with Crippen molar-refractivity contribution < 1.29 is 4.42 Å². The topological polar surface area (TPSA) is 13.1 Å². The van der Waals surface area contributed by atoms with Crippen LogP contribution in [0.3, 0.4) is 0 Å². The number of furan rings is 1. The quantitative estimate of drug-likeness (QED) is 0.148. The van der Waals surface area contributed by atoms with Gasteiger partial charge in [-0.3, -0.25) is 0 Å². The average Bonchev–Trinajstić information content (AvgIpc) is 4.25. The maximum atomic E-state index is 6.46. The van der Waals surface area contributed by atoms with E-state index in [1.807, 2.05) is 17.4 Å². The zero-order valence-electron chi connectivity index (χ0n) is 40.8. The molecule has 3 aliphatic rings. The van der Waals surface area contributed by atoms with Gasteiger partial charge in [0.25, 0.3) is 0 Å². The van der Waals surface area contributed by atoms with Crippen molar-refractivity contribution >= 4 is 33.3 Å². The van der Waals surface area contributed by atoms with Crippen LogP contribution >= 0.6 is 11.3 Å². The lowest BCUT2D eigenvalue weighted by atomic mass is 9.74. The average molecular weight is 951 g/mol. The molecule has 0 fully saturated rings. The van der Waals surface area contributed by atoms with E-state index in [2.05, 4.69) is 244 Å². The first kappa shape index (κ1) is 42.4. The molecule has 1 atom stereocenters. The third-order valence-electron chi connectivity index (χ3n) is 16.8. The summed E-state index contributed by atoms with van der Waals surface area (Å²) in [5, 5.41) is 2.32. The van der Waals surface area contributed by atoms with E-state index in [0.717, 1.165) is 40.3 Å². The zero-order valence-corrected chi connectivity index (χ0v) is 41.6. The number of thiophene rings is 1. The summed E-state index contributed by atoms with van der Waals surface area (Å²) < 4.78 is 6.46. The first-order valence-corrected chi connectivity index (χ1v) is 26.6.